The highest BCUT2D eigenvalue weighted by atomic mass is 15.0. The smallest absolute Gasteiger partial charge is 0.0946 e. The molecule has 0 radical (unpaired) electrons. The van der Waals surface area contributed by atoms with Gasteiger partial charge in [-0.2, -0.15) is 0 Å². The summed E-state index contributed by atoms with van der Waals surface area (Å²) in [7, 11) is 0. The number of pyridine rings is 2. The maximum absolute atomic E-state index is 4.21. The summed E-state index contributed by atoms with van der Waals surface area (Å²) in [5, 5.41) is 0. The third kappa shape index (κ3) is 3.99. The van der Waals surface area contributed by atoms with Gasteiger partial charge in [-0.3, -0.25) is 9.97 Å². The van der Waals surface area contributed by atoms with Crippen LogP contribution in [0.1, 0.15) is 11.1 Å². The molecule has 21 heavy (non-hydrogen) atoms. The first kappa shape index (κ1) is 13.5. The Morgan fingerprint density at radius 1 is 0.857 bits per heavy atom. The Labute approximate surface area is 124 Å². The molecule has 3 aromatic rings. The lowest BCUT2D eigenvalue weighted by Gasteiger charge is -2.17. The van der Waals surface area contributed by atoms with Crippen LogP contribution in [0.3, 0.4) is 0 Å². The predicted octanol–water partition coefficient (Wildman–Crippen LogP) is 2.77. The van der Waals surface area contributed by atoms with Crippen molar-refractivity contribution < 1.29 is 0 Å². The molecule has 4 nitrogen and oxygen atoms in total. The summed E-state index contributed by atoms with van der Waals surface area (Å²) in [6.07, 6.45) is 15.2. The van der Waals surface area contributed by atoms with Crippen LogP contribution in [-0.2, 0) is 19.4 Å². The normalized spacial score (nSPS) is 12.2. The van der Waals surface area contributed by atoms with Crippen molar-refractivity contribution in [3.8, 4) is 0 Å². The minimum atomic E-state index is 0.505. The Bertz CT molecular complexity index is 594. The molecule has 1 unspecified atom stereocenters. The van der Waals surface area contributed by atoms with Gasteiger partial charge < -0.3 is 4.57 Å². The average molecular weight is 278 g/mol. The molecule has 0 aliphatic heterocycles. The first-order valence-electron chi connectivity index (χ1n) is 7.14. The van der Waals surface area contributed by atoms with Crippen LogP contribution in [0.4, 0.5) is 0 Å². The second kappa shape index (κ2) is 6.79. The first-order valence-corrected chi connectivity index (χ1v) is 7.14. The van der Waals surface area contributed by atoms with Crippen LogP contribution in [0.25, 0.3) is 0 Å². The molecule has 106 valence electrons. The molecule has 1 atom stereocenters. The third-order valence-electron chi connectivity index (χ3n) is 3.55. The summed E-state index contributed by atoms with van der Waals surface area (Å²) >= 11 is 0. The molecule has 0 bridgehead atoms. The fourth-order valence-electron chi connectivity index (χ4n) is 2.60. The summed E-state index contributed by atoms with van der Waals surface area (Å²) < 4.78 is 2.14. The molecule has 0 aromatic carbocycles. The van der Waals surface area contributed by atoms with Crippen molar-refractivity contribution >= 4 is 0 Å². The van der Waals surface area contributed by atoms with Crippen molar-refractivity contribution in [3.05, 3.63) is 78.9 Å². The summed E-state index contributed by atoms with van der Waals surface area (Å²) in [6.45, 7) is 0.956. The summed E-state index contributed by atoms with van der Waals surface area (Å²) in [6, 6.07) is 8.31. The molecule has 0 spiro atoms. The molecule has 0 amide bonds. The van der Waals surface area contributed by atoms with Crippen molar-refractivity contribution in [1.29, 1.82) is 0 Å². The number of aromatic nitrogens is 4. The van der Waals surface area contributed by atoms with Crippen LogP contribution < -0.4 is 0 Å². The monoisotopic (exact) mass is 278 g/mol. The zero-order valence-electron chi connectivity index (χ0n) is 11.8. The van der Waals surface area contributed by atoms with Crippen molar-refractivity contribution in [2.45, 2.75) is 19.4 Å². The van der Waals surface area contributed by atoms with Crippen molar-refractivity contribution in [2.24, 2.45) is 5.92 Å². The second-order valence-electron chi connectivity index (χ2n) is 5.25. The number of rotatable bonds is 6. The maximum atomic E-state index is 4.21. The van der Waals surface area contributed by atoms with Crippen molar-refractivity contribution in [3.63, 3.8) is 0 Å². The molecule has 0 saturated carbocycles. The molecule has 0 N–H and O–H groups in total. The van der Waals surface area contributed by atoms with Crippen LogP contribution >= 0.6 is 0 Å². The Morgan fingerprint density at radius 3 is 2.43 bits per heavy atom. The fraction of sp³-hybridized carbons (Fsp3) is 0.235. The van der Waals surface area contributed by atoms with E-state index in [-0.39, 0.29) is 0 Å². The largest absolute Gasteiger partial charge is 0.337 e. The van der Waals surface area contributed by atoms with Crippen LogP contribution in [-0.4, -0.2) is 19.5 Å². The molecule has 3 heterocycles. The van der Waals surface area contributed by atoms with Crippen LogP contribution in [0.15, 0.2) is 67.8 Å². The van der Waals surface area contributed by atoms with Crippen LogP contribution in [0.5, 0.6) is 0 Å². The molecule has 4 heteroatoms. The minimum absolute atomic E-state index is 0.505. The van der Waals surface area contributed by atoms with E-state index in [0.717, 1.165) is 19.4 Å². The molecule has 3 aromatic heterocycles. The van der Waals surface area contributed by atoms with E-state index in [4.69, 9.17) is 0 Å². The Kier molecular flexibility index (Phi) is 4.36. The van der Waals surface area contributed by atoms with Crippen LogP contribution in [0.2, 0.25) is 0 Å². The molecule has 0 saturated heterocycles. The topological polar surface area (TPSA) is 43.6 Å². The maximum Gasteiger partial charge on any atom is 0.0946 e. The van der Waals surface area contributed by atoms with Crippen LogP contribution in [0, 0.1) is 5.92 Å². The highest BCUT2D eigenvalue weighted by molar-refractivity contribution is 5.14. The van der Waals surface area contributed by atoms with E-state index in [1.54, 1.807) is 0 Å². The Morgan fingerprint density at radius 2 is 1.71 bits per heavy atom. The summed E-state index contributed by atoms with van der Waals surface area (Å²) in [5.41, 5.74) is 2.59. The Balaban J connectivity index is 1.74. The van der Waals surface area contributed by atoms with E-state index in [2.05, 4.69) is 37.7 Å². The van der Waals surface area contributed by atoms with Gasteiger partial charge in [0, 0.05) is 43.7 Å². The average Bonchev–Trinajstić information content (AvgIpc) is 3.02. The Hall–Kier alpha value is -2.49. The number of imidazole rings is 1. The van der Waals surface area contributed by atoms with E-state index >= 15 is 0 Å². The van der Waals surface area contributed by atoms with Gasteiger partial charge in [0.2, 0.25) is 0 Å². The zero-order valence-corrected chi connectivity index (χ0v) is 11.8. The van der Waals surface area contributed by atoms with E-state index in [1.165, 1.54) is 11.1 Å². The molecular formula is C17H18N4. The lowest BCUT2D eigenvalue weighted by molar-refractivity contribution is 0.438. The quantitative estimate of drug-likeness (QED) is 0.696. The van der Waals surface area contributed by atoms with E-state index in [0.29, 0.717) is 5.92 Å². The summed E-state index contributed by atoms with van der Waals surface area (Å²) in [5.74, 6) is 0.505. The molecular weight excluding hydrogens is 260 g/mol. The van der Waals surface area contributed by atoms with Crippen molar-refractivity contribution in [1.82, 2.24) is 19.5 Å². The van der Waals surface area contributed by atoms with Crippen molar-refractivity contribution in [2.75, 3.05) is 0 Å². The van der Waals surface area contributed by atoms with Gasteiger partial charge in [-0.1, -0.05) is 6.07 Å². The number of hydrogen-bond acceptors (Lipinski definition) is 3. The first-order chi connectivity index (χ1) is 10.4. The van der Waals surface area contributed by atoms with E-state index in [1.807, 2.05) is 49.6 Å². The molecule has 0 aliphatic rings. The van der Waals surface area contributed by atoms with Gasteiger partial charge in [0.1, 0.15) is 0 Å². The third-order valence-corrected chi connectivity index (χ3v) is 3.55. The van der Waals surface area contributed by atoms with Gasteiger partial charge in [0.05, 0.1) is 6.33 Å². The number of hydrogen-bond donors (Lipinski definition) is 0. The lowest BCUT2D eigenvalue weighted by Crippen LogP contribution is -2.15. The highest BCUT2D eigenvalue weighted by Crippen LogP contribution is 2.16. The molecule has 0 aliphatic carbocycles. The summed E-state index contributed by atoms with van der Waals surface area (Å²) in [4.78, 5) is 12.4. The SMILES string of the molecule is c1cncc(CC(Cc2ccncc2)Cn2ccnc2)c1. The minimum Gasteiger partial charge on any atom is -0.337 e. The van der Waals surface area contributed by atoms with Gasteiger partial charge in [-0.25, -0.2) is 4.98 Å². The zero-order chi connectivity index (χ0) is 14.3. The van der Waals surface area contributed by atoms with Gasteiger partial charge in [-0.05, 0) is 48.1 Å². The molecule has 3 rings (SSSR count). The molecule has 0 fully saturated rings. The fourth-order valence-corrected chi connectivity index (χ4v) is 2.60. The predicted molar refractivity (Wildman–Crippen MR) is 81.6 cm³/mol. The second-order valence-corrected chi connectivity index (χ2v) is 5.25. The van der Waals surface area contributed by atoms with Gasteiger partial charge in [0.25, 0.3) is 0 Å². The number of nitrogens with zero attached hydrogens (tertiary/aromatic N) is 4. The van der Waals surface area contributed by atoms with Gasteiger partial charge in [-0.15, -0.1) is 0 Å². The van der Waals surface area contributed by atoms with E-state index < -0.39 is 0 Å². The lowest BCUT2D eigenvalue weighted by atomic mass is 9.93. The van der Waals surface area contributed by atoms with E-state index in [9.17, 15) is 0 Å². The highest BCUT2D eigenvalue weighted by Gasteiger charge is 2.12. The standard InChI is InChI=1S/C17H18N4/c1-2-16(12-19-5-1)11-17(13-21-9-8-20-14-21)10-15-3-6-18-7-4-15/h1-9,12,14,17H,10-11,13H2. The van der Waals surface area contributed by atoms with Gasteiger partial charge in [0.15, 0.2) is 0 Å². The van der Waals surface area contributed by atoms with Gasteiger partial charge >= 0.3 is 0 Å².